The van der Waals surface area contributed by atoms with Crippen LogP contribution in [0.2, 0.25) is 0 Å². The number of rotatable bonds is 4. The second-order valence-corrected chi connectivity index (χ2v) is 6.08. The van der Waals surface area contributed by atoms with E-state index in [1.807, 2.05) is 6.21 Å². The molecule has 0 aliphatic heterocycles. The van der Waals surface area contributed by atoms with Gasteiger partial charge in [-0.25, -0.2) is 0 Å². The van der Waals surface area contributed by atoms with Crippen LogP contribution in [-0.2, 0) is 0 Å². The molecule has 1 saturated carbocycles. The maximum Gasteiger partial charge on any atom is 0.0546 e. The van der Waals surface area contributed by atoms with Gasteiger partial charge in [-0.3, -0.25) is 0 Å². The molecular formula is C19H24N2. The van der Waals surface area contributed by atoms with Crippen LogP contribution < -0.4 is 5.43 Å². The fraction of sp³-hybridized carbons (Fsp3) is 0.421. The lowest BCUT2D eigenvalue weighted by Gasteiger charge is -2.20. The summed E-state index contributed by atoms with van der Waals surface area (Å²) in [6, 6.07) is 9.12. The van der Waals surface area contributed by atoms with Gasteiger partial charge in [0.25, 0.3) is 0 Å². The number of hydrogen-bond acceptors (Lipinski definition) is 2. The number of hydrazone groups is 1. The summed E-state index contributed by atoms with van der Waals surface area (Å²) in [6.45, 7) is 2.19. The molecule has 2 heteroatoms. The van der Waals surface area contributed by atoms with Crippen LogP contribution >= 0.6 is 0 Å². The van der Waals surface area contributed by atoms with E-state index in [0.717, 1.165) is 6.42 Å². The highest BCUT2D eigenvalue weighted by atomic mass is 15.3. The first-order chi connectivity index (χ1) is 10.3. The number of nitrogens with one attached hydrogen (secondary N) is 1. The third kappa shape index (κ3) is 3.44. The predicted octanol–water partition coefficient (Wildman–Crippen LogP) is 4.68. The number of benzene rings is 1. The third-order valence-corrected chi connectivity index (χ3v) is 4.52. The molecule has 2 aliphatic rings. The van der Waals surface area contributed by atoms with Crippen molar-refractivity contribution in [2.75, 3.05) is 0 Å². The summed E-state index contributed by atoms with van der Waals surface area (Å²) >= 11 is 0. The van der Waals surface area contributed by atoms with Gasteiger partial charge in [0.15, 0.2) is 0 Å². The standard InChI is InChI=1S/C19H24N2/c1-15-8-7-13-18(15)19-12-6-5-9-16(19)14-20-21-17-10-3-2-4-11-17/h5-9,12,14,17,21H,2-4,10-11,13H2,1H3/b20-14+. The van der Waals surface area contributed by atoms with Crippen LogP contribution in [0.5, 0.6) is 0 Å². The first kappa shape index (κ1) is 14.1. The average molecular weight is 280 g/mol. The zero-order chi connectivity index (χ0) is 14.5. The highest BCUT2D eigenvalue weighted by molar-refractivity contribution is 5.90. The summed E-state index contributed by atoms with van der Waals surface area (Å²) in [5.74, 6) is 0. The van der Waals surface area contributed by atoms with Gasteiger partial charge in [-0.2, -0.15) is 5.10 Å². The summed E-state index contributed by atoms with van der Waals surface area (Å²) in [5, 5.41) is 4.50. The van der Waals surface area contributed by atoms with Crippen molar-refractivity contribution in [1.82, 2.24) is 5.43 Å². The van der Waals surface area contributed by atoms with E-state index in [9.17, 15) is 0 Å². The lowest BCUT2D eigenvalue weighted by molar-refractivity contribution is 0.381. The first-order valence-corrected chi connectivity index (χ1v) is 8.09. The summed E-state index contributed by atoms with van der Waals surface area (Å²) in [5.41, 5.74) is 8.66. The van der Waals surface area contributed by atoms with E-state index in [2.05, 4.69) is 53.9 Å². The number of hydrogen-bond donors (Lipinski definition) is 1. The van der Waals surface area contributed by atoms with Gasteiger partial charge in [-0.15, -0.1) is 0 Å². The Kier molecular flexibility index (Phi) is 4.54. The largest absolute Gasteiger partial charge is 0.307 e. The highest BCUT2D eigenvalue weighted by Crippen LogP contribution is 2.30. The van der Waals surface area contributed by atoms with Gasteiger partial charge < -0.3 is 5.43 Å². The van der Waals surface area contributed by atoms with Crippen LogP contribution in [0.15, 0.2) is 47.1 Å². The molecule has 21 heavy (non-hydrogen) atoms. The van der Waals surface area contributed by atoms with Crippen molar-refractivity contribution < 1.29 is 0 Å². The monoisotopic (exact) mass is 280 g/mol. The Morgan fingerprint density at radius 3 is 2.71 bits per heavy atom. The van der Waals surface area contributed by atoms with E-state index in [0.29, 0.717) is 6.04 Å². The van der Waals surface area contributed by atoms with Crippen LogP contribution in [0.25, 0.3) is 5.57 Å². The van der Waals surface area contributed by atoms with E-state index in [1.165, 1.54) is 54.4 Å². The molecule has 2 aliphatic carbocycles. The van der Waals surface area contributed by atoms with Gasteiger partial charge in [0.05, 0.1) is 6.21 Å². The molecule has 110 valence electrons. The van der Waals surface area contributed by atoms with E-state index < -0.39 is 0 Å². The average Bonchev–Trinajstić information content (AvgIpc) is 2.95. The lowest BCUT2D eigenvalue weighted by Crippen LogP contribution is -2.26. The number of allylic oxidation sites excluding steroid dienone is 4. The maximum atomic E-state index is 4.50. The number of nitrogens with zero attached hydrogens (tertiary/aromatic N) is 1. The van der Waals surface area contributed by atoms with Crippen molar-refractivity contribution in [1.29, 1.82) is 0 Å². The molecule has 0 spiro atoms. The second-order valence-electron chi connectivity index (χ2n) is 6.08. The van der Waals surface area contributed by atoms with Crippen molar-refractivity contribution in [2.24, 2.45) is 5.10 Å². The molecule has 0 saturated heterocycles. The van der Waals surface area contributed by atoms with Crippen LogP contribution in [0.4, 0.5) is 0 Å². The van der Waals surface area contributed by atoms with Crippen molar-refractivity contribution in [3.05, 3.63) is 53.1 Å². The molecule has 2 nitrogen and oxygen atoms in total. The minimum Gasteiger partial charge on any atom is -0.307 e. The Bertz CT molecular complexity index is 575. The molecule has 0 amide bonds. The minimum absolute atomic E-state index is 0.566. The molecule has 3 rings (SSSR count). The van der Waals surface area contributed by atoms with Crippen LogP contribution in [0.3, 0.4) is 0 Å². The Balaban J connectivity index is 1.72. The predicted molar refractivity (Wildman–Crippen MR) is 90.4 cm³/mol. The molecule has 1 N–H and O–H groups in total. The topological polar surface area (TPSA) is 24.4 Å². The van der Waals surface area contributed by atoms with Gasteiger partial charge in [0.2, 0.25) is 0 Å². The molecule has 0 unspecified atom stereocenters. The van der Waals surface area contributed by atoms with Crippen molar-refractivity contribution >= 4 is 11.8 Å². The highest BCUT2D eigenvalue weighted by Gasteiger charge is 2.12. The zero-order valence-electron chi connectivity index (χ0n) is 12.8. The molecule has 1 aromatic rings. The summed E-state index contributed by atoms with van der Waals surface area (Å²) in [7, 11) is 0. The molecule has 1 fully saturated rings. The molecule has 0 bridgehead atoms. The second kappa shape index (κ2) is 6.75. The lowest BCUT2D eigenvalue weighted by atomic mass is 9.96. The third-order valence-electron chi connectivity index (χ3n) is 4.52. The van der Waals surface area contributed by atoms with Crippen molar-refractivity contribution in [3.63, 3.8) is 0 Å². The first-order valence-electron chi connectivity index (χ1n) is 8.09. The van der Waals surface area contributed by atoms with Crippen LogP contribution in [0.1, 0.15) is 56.6 Å². The molecule has 0 aromatic heterocycles. The van der Waals surface area contributed by atoms with Crippen LogP contribution in [0, 0.1) is 0 Å². The quantitative estimate of drug-likeness (QED) is 0.628. The van der Waals surface area contributed by atoms with E-state index in [-0.39, 0.29) is 0 Å². The molecule has 0 heterocycles. The van der Waals surface area contributed by atoms with Gasteiger partial charge in [0, 0.05) is 11.6 Å². The molecular weight excluding hydrogens is 256 g/mol. The van der Waals surface area contributed by atoms with Gasteiger partial charge in [-0.05, 0) is 42.9 Å². The Labute approximate surface area is 127 Å². The Morgan fingerprint density at radius 1 is 1.14 bits per heavy atom. The van der Waals surface area contributed by atoms with Crippen molar-refractivity contribution in [2.45, 2.75) is 51.5 Å². The fourth-order valence-electron chi connectivity index (χ4n) is 3.27. The molecule has 1 aromatic carbocycles. The zero-order valence-corrected chi connectivity index (χ0v) is 12.8. The minimum atomic E-state index is 0.566. The van der Waals surface area contributed by atoms with Gasteiger partial charge in [-0.1, -0.05) is 55.7 Å². The molecule has 0 atom stereocenters. The van der Waals surface area contributed by atoms with Gasteiger partial charge >= 0.3 is 0 Å². The van der Waals surface area contributed by atoms with Crippen molar-refractivity contribution in [3.8, 4) is 0 Å². The Morgan fingerprint density at radius 2 is 1.95 bits per heavy atom. The fourth-order valence-corrected chi connectivity index (χ4v) is 3.27. The summed E-state index contributed by atoms with van der Waals surface area (Å²) < 4.78 is 0. The SMILES string of the molecule is CC1=C(c2ccccc2/C=N/NC2CCCCC2)CC=C1. The van der Waals surface area contributed by atoms with Crippen LogP contribution in [-0.4, -0.2) is 12.3 Å². The summed E-state index contributed by atoms with van der Waals surface area (Å²) in [6.07, 6.45) is 14.0. The Hall–Kier alpha value is -1.83. The summed E-state index contributed by atoms with van der Waals surface area (Å²) in [4.78, 5) is 0. The van der Waals surface area contributed by atoms with E-state index >= 15 is 0 Å². The molecule has 0 radical (unpaired) electrons. The maximum absolute atomic E-state index is 4.50. The van der Waals surface area contributed by atoms with E-state index in [1.54, 1.807) is 0 Å². The van der Waals surface area contributed by atoms with E-state index in [4.69, 9.17) is 0 Å². The smallest absolute Gasteiger partial charge is 0.0546 e. The van der Waals surface area contributed by atoms with Gasteiger partial charge in [0.1, 0.15) is 0 Å². The normalized spacial score (nSPS) is 19.7.